The predicted molar refractivity (Wildman–Crippen MR) is 152 cm³/mol. The predicted octanol–water partition coefficient (Wildman–Crippen LogP) is 6.90. The smallest absolute Gasteiger partial charge is 0.255 e. The zero-order chi connectivity index (χ0) is 24.7. The van der Waals surface area contributed by atoms with Crippen molar-refractivity contribution in [2.75, 3.05) is 36.8 Å². The van der Waals surface area contributed by atoms with E-state index in [0.29, 0.717) is 5.56 Å². The van der Waals surface area contributed by atoms with E-state index in [0.717, 1.165) is 34.1 Å². The number of carbonyl (C=O) groups excluding carboxylic acids is 1. The monoisotopic (exact) mass is 546 g/mol. The first-order chi connectivity index (χ1) is 17.6. The Hall–Kier alpha value is -2.67. The van der Waals surface area contributed by atoms with Crippen LogP contribution in [0.25, 0.3) is 0 Å². The normalized spacial score (nSPS) is 17.6. The summed E-state index contributed by atoms with van der Waals surface area (Å²) in [4.78, 5) is 18.0. The quantitative estimate of drug-likeness (QED) is 0.338. The molecule has 0 saturated carbocycles. The molecule has 5 nitrogen and oxygen atoms in total. The van der Waals surface area contributed by atoms with E-state index in [2.05, 4.69) is 48.5 Å². The number of amides is 1. The fraction of sp³-hybridized carbons (Fsp3) is 0.367. The lowest BCUT2D eigenvalue weighted by Crippen LogP contribution is -2.46. The van der Waals surface area contributed by atoms with Gasteiger partial charge in [-0.15, -0.1) is 0 Å². The molecule has 5 rings (SSSR count). The van der Waals surface area contributed by atoms with Crippen LogP contribution in [0.3, 0.4) is 0 Å². The number of hydrogen-bond acceptors (Lipinski definition) is 4. The standard InChI is InChI=1S/C30H35BrN4O/c31-25-8-14-27(15-9-25)32-26-12-6-24(7-13-26)30(36)33-28-10-4-23(5-11-28)22-34-20-16-29(17-21-34)35-18-2-1-3-19-35/h4-15,29,32H,1-3,16-22H2,(H,33,36). The van der Waals surface area contributed by atoms with Gasteiger partial charge in [-0.05, 0) is 118 Å². The van der Waals surface area contributed by atoms with Gasteiger partial charge in [-0.2, -0.15) is 0 Å². The summed E-state index contributed by atoms with van der Waals surface area (Å²) < 4.78 is 1.04. The van der Waals surface area contributed by atoms with Gasteiger partial charge in [-0.3, -0.25) is 9.69 Å². The van der Waals surface area contributed by atoms with Gasteiger partial charge in [0.2, 0.25) is 0 Å². The number of nitrogens with one attached hydrogen (secondary N) is 2. The van der Waals surface area contributed by atoms with Crippen LogP contribution in [0.5, 0.6) is 0 Å². The minimum absolute atomic E-state index is 0.0993. The molecular formula is C30H35BrN4O. The topological polar surface area (TPSA) is 47.6 Å². The Bertz CT molecular complexity index is 1120. The summed E-state index contributed by atoms with van der Waals surface area (Å²) in [7, 11) is 0. The molecule has 2 fully saturated rings. The second-order valence-corrected chi connectivity index (χ2v) is 10.9. The molecule has 2 heterocycles. The Morgan fingerprint density at radius 2 is 1.33 bits per heavy atom. The van der Waals surface area contributed by atoms with Crippen molar-refractivity contribution >= 4 is 38.9 Å². The van der Waals surface area contributed by atoms with Crippen molar-refractivity contribution < 1.29 is 4.79 Å². The van der Waals surface area contributed by atoms with Gasteiger partial charge < -0.3 is 15.5 Å². The summed E-state index contributed by atoms with van der Waals surface area (Å²) in [6.07, 6.45) is 6.72. The molecule has 6 heteroatoms. The molecule has 2 N–H and O–H groups in total. The second-order valence-electron chi connectivity index (χ2n) is 9.96. The van der Waals surface area contributed by atoms with Crippen molar-refractivity contribution in [1.29, 1.82) is 0 Å². The summed E-state index contributed by atoms with van der Waals surface area (Å²) in [6.45, 7) is 5.92. The third kappa shape index (κ3) is 6.75. The molecular weight excluding hydrogens is 512 g/mol. The van der Waals surface area contributed by atoms with E-state index in [4.69, 9.17) is 0 Å². The fourth-order valence-electron chi connectivity index (χ4n) is 5.29. The molecule has 3 aromatic rings. The molecule has 36 heavy (non-hydrogen) atoms. The number of halogens is 1. The minimum atomic E-state index is -0.0993. The summed E-state index contributed by atoms with van der Waals surface area (Å²) in [6, 6.07) is 24.6. The highest BCUT2D eigenvalue weighted by Gasteiger charge is 2.25. The highest BCUT2D eigenvalue weighted by atomic mass is 79.9. The molecule has 2 saturated heterocycles. The third-order valence-electron chi connectivity index (χ3n) is 7.36. The largest absolute Gasteiger partial charge is 0.356 e. The van der Waals surface area contributed by atoms with Gasteiger partial charge in [-0.25, -0.2) is 0 Å². The molecule has 2 aliphatic rings. The number of carbonyl (C=O) groups is 1. The first-order valence-corrected chi connectivity index (χ1v) is 13.9. The van der Waals surface area contributed by atoms with Crippen LogP contribution in [0, 0.1) is 0 Å². The maximum absolute atomic E-state index is 12.7. The van der Waals surface area contributed by atoms with Gasteiger partial charge in [0.15, 0.2) is 0 Å². The van der Waals surface area contributed by atoms with E-state index in [1.54, 1.807) is 0 Å². The Balaban J connectivity index is 1.09. The molecule has 0 aromatic heterocycles. The molecule has 2 aliphatic heterocycles. The molecule has 1 amide bonds. The maximum atomic E-state index is 12.7. The van der Waals surface area contributed by atoms with Crippen LogP contribution < -0.4 is 10.6 Å². The van der Waals surface area contributed by atoms with Crippen LogP contribution in [0.4, 0.5) is 17.1 Å². The number of piperidine rings is 2. The van der Waals surface area contributed by atoms with Crippen LogP contribution in [-0.4, -0.2) is 47.9 Å². The lowest BCUT2D eigenvalue weighted by molar-refractivity contribution is 0.0896. The number of anilines is 3. The van der Waals surface area contributed by atoms with Gasteiger partial charge in [0.1, 0.15) is 0 Å². The van der Waals surface area contributed by atoms with Gasteiger partial charge >= 0.3 is 0 Å². The minimum Gasteiger partial charge on any atom is -0.356 e. The van der Waals surface area contributed by atoms with E-state index in [1.807, 2.05) is 60.7 Å². The lowest BCUT2D eigenvalue weighted by atomic mass is 9.99. The average Bonchev–Trinajstić information content (AvgIpc) is 2.92. The molecule has 0 bridgehead atoms. The number of rotatable bonds is 7. The summed E-state index contributed by atoms with van der Waals surface area (Å²) >= 11 is 3.45. The highest BCUT2D eigenvalue weighted by molar-refractivity contribution is 9.10. The molecule has 0 aliphatic carbocycles. The summed E-state index contributed by atoms with van der Waals surface area (Å²) in [5, 5.41) is 6.37. The van der Waals surface area contributed by atoms with Crippen molar-refractivity contribution in [3.8, 4) is 0 Å². The Morgan fingerprint density at radius 1 is 0.750 bits per heavy atom. The Morgan fingerprint density at radius 3 is 1.97 bits per heavy atom. The first kappa shape index (κ1) is 25.0. The van der Waals surface area contributed by atoms with Crippen LogP contribution in [-0.2, 0) is 6.54 Å². The molecule has 188 valence electrons. The molecule has 0 atom stereocenters. The number of nitrogens with zero attached hydrogens (tertiary/aromatic N) is 2. The van der Waals surface area contributed by atoms with Gasteiger partial charge in [0.05, 0.1) is 0 Å². The first-order valence-electron chi connectivity index (χ1n) is 13.1. The SMILES string of the molecule is O=C(Nc1ccc(CN2CCC(N3CCCCC3)CC2)cc1)c1ccc(Nc2ccc(Br)cc2)cc1. The van der Waals surface area contributed by atoms with Crippen LogP contribution in [0.2, 0.25) is 0 Å². The number of likely N-dealkylation sites (tertiary alicyclic amines) is 2. The lowest BCUT2D eigenvalue weighted by Gasteiger charge is -2.40. The fourth-order valence-corrected chi connectivity index (χ4v) is 5.55. The molecule has 0 spiro atoms. The van der Waals surface area contributed by atoms with Crippen molar-refractivity contribution in [3.63, 3.8) is 0 Å². The summed E-state index contributed by atoms with van der Waals surface area (Å²) in [5.41, 5.74) is 4.70. The zero-order valence-electron chi connectivity index (χ0n) is 20.8. The highest BCUT2D eigenvalue weighted by Crippen LogP contribution is 2.23. The van der Waals surface area contributed by atoms with E-state index in [1.165, 1.54) is 63.8 Å². The Kier molecular flexibility index (Phi) is 8.36. The van der Waals surface area contributed by atoms with E-state index < -0.39 is 0 Å². The van der Waals surface area contributed by atoms with Gasteiger partial charge in [0, 0.05) is 39.7 Å². The van der Waals surface area contributed by atoms with Gasteiger partial charge in [-0.1, -0.05) is 34.5 Å². The van der Waals surface area contributed by atoms with Crippen molar-refractivity contribution in [3.05, 3.63) is 88.4 Å². The van der Waals surface area contributed by atoms with Crippen molar-refractivity contribution in [2.45, 2.75) is 44.7 Å². The summed E-state index contributed by atoms with van der Waals surface area (Å²) in [5.74, 6) is -0.0993. The van der Waals surface area contributed by atoms with E-state index in [-0.39, 0.29) is 5.91 Å². The van der Waals surface area contributed by atoms with Crippen LogP contribution in [0.1, 0.15) is 48.0 Å². The van der Waals surface area contributed by atoms with E-state index in [9.17, 15) is 4.79 Å². The number of benzene rings is 3. The zero-order valence-corrected chi connectivity index (χ0v) is 22.3. The Labute approximate surface area is 223 Å². The number of hydrogen-bond donors (Lipinski definition) is 2. The van der Waals surface area contributed by atoms with E-state index >= 15 is 0 Å². The van der Waals surface area contributed by atoms with Gasteiger partial charge in [0.25, 0.3) is 5.91 Å². The average molecular weight is 548 g/mol. The molecule has 3 aromatic carbocycles. The second kappa shape index (κ2) is 12.0. The third-order valence-corrected chi connectivity index (χ3v) is 7.89. The molecule has 0 unspecified atom stereocenters. The van der Waals surface area contributed by atoms with Crippen molar-refractivity contribution in [2.24, 2.45) is 0 Å². The molecule has 0 radical (unpaired) electrons. The maximum Gasteiger partial charge on any atom is 0.255 e. The van der Waals surface area contributed by atoms with Crippen molar-refractivity contribution in [1.82, 2.24) is 9.80 Å². The van der Waals surface area contributed by atoms with Crippen LogP contribution in [0.15, 0.2) is 77.3 Å². The van der Waals surface area contributed by atoms with Crippen LogP contribution >= 0.6 is 15.9 Å².